The molecule has 0 spiro atoms. The molecule has 0 saturated carbocycles. The molecule has 4 unspecified atom stereocenters. The number of Topliss-reactive ketones (excluding diaryl/α,β-unsaturated/α-hetero) is 1. The Hall–Kier alpha value is -2.31. The third-order valence-corrected chi connectivity index (χ3v) is 8.47. The first kappa shape index (κ1) is 30.2. The summed E-state index contributed by atoms with van der Waals surface area (Å²) < 4.78 is 11.7. The number of nitrogens with one attached hydrogen (secondary N) is 1. The second kappa shape index (κ2) is 16.6. The van der Waals surface area contributed by atoms with Crippen LogP contribution in [0.15, 0.2) is 54.6 Å². The fourth-order valence-corrected chi connectivity index (χ4v) is 6.48. The van der Waals surface area contributed by atoms with Gasteiger partial charge in [0.25, 0.3) is 0 Å². The third kappa shape index (κ3) is 8.88. The zero-order chi connectivity index (χ0) is 27.2. The van der Waals surface area contributed by atoms with Crippen LogP contribution in [0, 0.1) is 11.8 Å². The van der Waals surface area contributed by atoms with Crippen molar-refractivity contribution in [2.45, 2.75) is 83.4 Å². The van der Waals surface area contributed by atoms with Gasteiger partial charge in [-0.2, -0.15) is 0 Å². The number of thioether (sulfide) groups is 1. The van der Waals surface area contributed by atoms with E-state index in [1.54, 1.807) is 11.8 Å². The summed E-state index contributed by atoms with van der Waals surface area (Å²) in [6, 6.07) is 17.2. The highest BCUT2D eigenvalue weighted by Gasteiger charge is 2.44. The minimum Gasteiger partial charge on any atom is -0.466 e. The number of rotatable bonds is 17. The Morgan fingerprint density at radius 1 is 0.921 bits per heavy atom. The molecule has 1 aliphatic rings. The standard InChI is InChI=1S/C32H45NO4S/c1-4-7-9-11-16-24(15-8-5-2)30(34)29(31-33-21-22-38-31)28(32(35)36-6-3)25-17-14-20-27(23-25)37-26-18-12-10-13-19-26/h10,12-14,17-20,23-24,28-29,31,33H,4-9,11,15-16,21-22H2,1-3H3. The molecule has 5 nitrogen and oxygen atoms in total. The molecule has 0 aromatic heterocycles. The van der Waals surface area contributed by atoms with Gasteiger partial charge in [0.2, 0.25) is 0 Å². The fraction of sp³-hybridized carbons (Fsp3) is 0.562. The molecule has 1 aliphatic heterocycles. The Balaban J connectivity index is 1.96. The lowest BCUT2D eigenvalue weighted by Gasteiger charge is -2.32. The smallest absolute Gasteiger partial charge is 0.314 e. The highest BCUT2D eigenvalue weighted by molar-refractivity contribution is 8.00. The second-order valence-electron chi connectivity index (χ2n) is 10.1. The lowest BCUT2D eigenvalue weighted by Crippen LogP contribution is -2.43. The summed E-state index contributed by atoms with van der Waals surface area (Å²) in [7, 11) is 0. The molecule has 2 aromatic carbocycles. The summed E-state index contributed by atoms with van der Waals surface area (Å²) in [4.78, 5) is 28.0. The van der Waals surface area contributed by atoms with Crippen molar-refractivity contribution in [2.75, 3.05) is 18.9 Å². The zero-order valence-corrected chi connectivity index (χ0v) is 24.1. The Bertz CT molecular complexity index is 976. The normalized spacial score (nSPS) is 17.5. The van der Waals surface area contributed by atoms with E-state index in [2.05, 4.69) is 19.2 Å². The van der Waals surface area contributed by atoms with Crippen LogP contribution in [0.5, 0.6) is 11.5 Å². The maximum atomic E-state index is 14.4. The topological polar surface area (TPSA) is 64.6 Å². The molecule has 38 heavy (non-hydrogen) atoms. The van der Waals surface area contributed by atoms with E-state index in [0.717, 1.165) is 62.1 Å². The van der Waals surface area contributed by atoms with Crippen molar-refractivity contribution < 1.29 is 19.1 Å². The van der Waals surface area contributed by atoms with Crippen molar-refractivity contribution in [2.24, 2.45) is 11.8 Å². The molecule has 2 aromatic rings. The van der Waals surface area contributed by atoms with Gasteiger partial charge in [-0.3, -0.25) is 9.59 Å². The number of unbranched alkanes of at least 4 members (excludes halogenated alkanes) is 4. The van der Waals surface area contributed by atoms with Gasteiger partial charge in [0.15, 0.2) is 0 Å². The predicted octanol–water partition coefficient (Wildman–Crippen LogP) is 7.75. The molecule has 3 rings (SSSR count). The minimum atomic E-state index is -0.690. The fourth-order valence-electron chi connectivity index (χ4n) is 5.25. The number of hydrogen-bond donors (Lipinski definition) is 1. The number of esters is 1. The van der Waals surface area contributed by atoms with Crippen molar-refractivity contribution >= 4 is 23.5 Å². The quantitative estimate of drug-likeness (QED) is 0.164. The van der Waals surface area contributed by atoms with Crippen LogP contribution >= 0.6 is 11.8 Å². The molecule has 6 heteroatoms. The first-order valence-electron chi connectivity index (χ1n) is 14.5. The van der Waals surface area contributed by atoms with Gasteiger partial charge in [0, 0.05) is 18.2 Å². The van der Waals surface area contributed by atoms with Crippen LogP contribution in [0.3, 0.4) is 0 Å². The average molecular weight is 540 g/mol. The largest absolute Gasteiger partial charge is 0.466 e. The van der Waals surface area contributed by atoms with Gasteiger partial charge in [0.05, 0.1) is 23.8 Å². The predicted molar refractivity (Wildman–Crippen MR) is 157 cm³/mol. The van der Waals surface area contributed by atoms with Gasteiger partial charge in [-0.25, -0.2) is 0 Å². The SMILES string of the molecule is CCCCCCC(CCCC)C(=O)C(C1NCCS1)C(C(=O)OCC)c1cccc(Oc2ccccc2)c1. The molecule has 4 atom stereocenters. The lowest BCUT2D eigenvalue weighted by atomic mass is 9.76. The van der Waals surface area contributed by atoms with Crippen LogP contribution in [-0.2, 0) is 14.3 Å². The number of ketones is 1. The molecular weight excluding hydrogens is 494 g/mol. The summed E-state index contributed by atoms with van der Waals surface area (Å²) in [5.41, 5.74) is 0.768. The van der Waals surface area contributed by atoms with Crippen molar-refractivity contribution in [3.63, 3.8) is 0 Å². The van der Waals surface area contributed by atoms with Gasteiger partial charge in [-0.15, -0.1) is 11.8 Å². The Kier molecular flexibility index (Phi) is 13.2. The minimum absolute atomic E-state index is 0.0412. The molecule has 0 amide bonds. The van der Waals surface area contributed by atoms with E-state index in [-0.39, 0.29) is 29.7 Å². The Morgan fingerprint density at radius 3 is 2.34 bits per heavy atom. The summed E-state index contributed by atoms with van der Waals surface area (Å²) in [5, 5.41) is 3.41. The number of ether oxygens (including phenoxy) is 2. The molecule has 1 heterocycles. The monoisotopic (exact) mass is 539 g/mol. The van der Waals surface area contributed by atoms with E-state index < -0.39 is 11.8 Å². The van der Waals surface area contributed by atoms with Crippen LogP contribution < -0.4 is 10.1 Å². The van der Waals surface area contributed by atoms with E-state index in [0.29, 0.717) is 5.75 Å². The number of benzene rings is 2. The summed E-state index contributed by atoms with van der Waals surface area (Å²) in [6.45, 7) is 7.31. The maximum Gasteiger partial charge on any atom is 0.314 e. The molecule has 0 bridgehead atoms. The second-order valence-corrected chi connectivity index (χ2v) is 11.3. The van der Waals surface area contributed by atoms with E-state index in [9.17, 15) is 9.59 Å². The molecular formula is C32H45NO4S. The highest BCUT2D eigenvalue weighted by atomic mass is 32.2. The molecule has 208 valence electrons. The lowest BCUT2D eigenvalue weighted by molar-refractivity contribution is -0.149. The average Bonchev–Trinajstić information content (AvgIpc) is 3.46. The zero-order valence-electron chi connectivity index (χ0n) is 23.3. The molecule has 0 aliphatic carbocycles. The number of carbonyl (C=O) groups is 2. The van der Waals surface area contributed by atoms with Crippen molar-refractivity contribution in [1.29, 1.82) is 0 Å². The van der Waals surface area contributed by atoms with Crippen LogP contribution in [0.1, 0.15) is 83.6 Å². The van der Waals surface area contributed by atoms with E-state index >= 15 is 0 Å². The third-order valence-electron chi connectivity index (χ3n) is 7.21. The van der Waals surface area contributed by atoms with Gasteiger partial charge < -0.3 is 14.8 Å². The van der Waals surface area contributed by atoms with Crippen molar-refractivity contribution in [1.82, 2.24) is 5.32 Å². The Morgan fingerprint density at radius 2 is 1.66 bits per heavy atom. The van der Waals surface area contributed by atoms with Crippen LogP contribution in [-0.4, -0.2) is 36.0 Å². The summed E-state index contributed by atoms with van der Waals surface area (Å²) in [6.07, 6.45) is 8.40. The highest BCUT2D eigenvalue weighted by Crippen LogP contribution is 2.40. The van der Waals surface area contributed by atoms with Gasteiger partial charge >= 0.3 is 5.97 Å². The molecule has 0 radical (unpaired) electrons. The number of carbonyl (C=O) groups excluding carboxylic acids is 2. The molecule has 1 N–H and O–H groups in total. The molecule has 1 fully saturated rings. The van der Waals surface area contributed by atoms with Crippen LogP contribution in [0.25, 0.3) is 0 Å². The van der Waals surface area contributed by atoms with Crippen LogP contribution in [0.2, 0.25) is 0 Å². The molecule has 1 saturated heterocycles. The van der Waals surface area contributed by atoms with Crippen LogP contribution in [0.4, 0.5) is 0 Å². The first-order chi connectivity index (χ1) is 18.6. The van der Waals surface area contributed by atoms with Crippen molar-refractivity contribution in [3.05, 3.63) is 60.2 Å². The number of para-hydroxylation sites is 1. The van der Waals surface area contributed by atoms with E-state index in [1.807, 2.05) is 61.5 Å². The maximum absolute atomic E-state index is 14.4. The van der Waals surface area contributed by atoms with E-state index in [4.69, 9.17) is 9.47 Å². The summed E-state index contributed by atoms with van der Waals surface area (Å²) >= 11 is 1.75. The first-order valence-corrected chi connectivity index (χ1v) is 15.5. The van der Waals surface area contributed by atoms with Gasteiger partial charge in [-0.05, 0) is 49.6 Å². The Labute approximate surface area is 233 Å². The number of hydrogen-bond acceptors (Lipinski definition) is 6. The van der Waals surface area contributed by atoms with Crippen molar-refractivity contribution in [3.8, 4) is 11.5 Å². The van der Waals surface area contributed by atoms with Gasteiger partial charge in [0.1, 0.15) is 17.3 Å². The van der Waals surface area contributed by atoms with Gasteiger partial charge in [-0.1, -0.05) is 82.7 Å². The summed E-state index contributed by atoms with van der Waals surface area (Å²) in [5.74, 6) is 0.934. The van der Waals surface area contributed by atoms with E-state index in [1.165, 1.54) is 12.8 Å².